The Labute approximate surface area is 125 Å². The summed E-state index contributed by atoms with van der Waals surface area (Å²) < 4.78 is 1.81. The molecule has 0 aliphatic carbocycles. The van der Waals surface area contributed by atoms with Crippen molar-refractivity contribution in [2.75, 3.05) is 5.73 Å². The first-order chi connectivity index (χ1) is 9.54. The normalized spacial score (nSPS) is 11.3. The number of H-pyrrole nitrogens is 1. The molecule has 0 saturated heterocycles. The molecule has 0 unspecified atom stereocenters. The number of anilines is 1. The van der Waals surface area contributed by atoms with Gasteiger partial charge in [-0.05, 0) is 25.1 Å². The van der Waals surface area contributed by atoms with Gasteiger partial charge in [-0.1, -0.05) is 23.4 Å². The third-order valence-corrected chi connectivity index (χ3v) is 4.47. The van der Waals surface area contributed by atoms with E-state index in [2.05, 4.69) is 15.1 Å². The van der Waals surface area contributed by atoms with Gasteiger partial charge in [0.15, 0.2) is 5.16 Å². The van der Waals surface area contributed by atoms with Gasteiger partial charge < -0.3 is 10.7 Å². The molecule has 0 aliphatic heterocycles. The van der Waals surface area contributed by atoms with Gasteiger partial charge in [0.2, 0.25) is 0 Å². The van der Waals surface area contributed by atoms with E-state index in [1.165, 1.54) is 0 Å². The fourth-order valence-corrected chi connectivity index (χ4v) is 3.30. The van der Waals surface area contributed by atoms with E-state index >= 15 is 0 Å². The third-order valence-electron chi connectivity index (χ3n) is 3.09. The second-order valence-corrected chi connectivity index (χ2v) is 5.92. The van der Waals surface area contributed by atoms with E-state index in [4.69, 9.17) is 17.3 Å². The van der Waals surface area contributed by atoms with Crippen LogP contribution in [0, 0.1) is 6.92 Å². The highest BCUT2D eigenvalue weighted by Crippen LogP contribution is 2.28. The Morgan fingerprint density at radius 2 is 2.25 bits per heavy atom. The van der Waals surface area contributed by atoms with Crippen LogP contribution in [-0.4, -0.2) is 19.7 Å². The predicted molar refractivity (Wildman–Crippen MR) is 83.0 cm³/mol. The van der Waals surface area contributed by atoms with Gasteiger partial charge in [0, 0.05) is 18.5 Å². The molecule has 104 valence electrons. The number of nitrogens with zero attached hydrogens (tertiary/aromatic N) is 3. The highest BCUT2D eigenvalue weighted by molar-refractivity contribution is 7.98. The van der Waals surface area contributed by atoms with Gasteiger partial charge in [0.05, 0.1) is 27.4 Å². The minimum atomic E-state index is 0.714. The summed E-state index contributed by atoms with van der Waals surface area (Å²) in [4.78, 5) is 7.77. The molecule has 2 aromatic heterocycles. The van der Waals surface area contributed by atoms with E-state index in [1.54, 1.807) is 11.8 Å². The number of aryl methyl sites for hydroxylation is 2. The van der Waals surface area contributed by atoms with Crippen molar-refractivity contribution in [1.82, 2.24) is 19.7 Å². The SMILES string of the molecule is Cc1nn(C)c(CSc2nc3ccc(N)cc3[nH]2)c1Cl. The topological polar surface area (TPSA) is 72.5 Å². The summed E-state index contributed by atoms with van der Waals surface area (Å²) in [6, 6.07) is 5.64. The Hall–Kier alpha value is -1.66. The second kappa shape index (κ2) is 5.03. The quantitative estimate of drug-likeness (QED) is 0.576. The zero-order valence-corrected chi connectivity index (χ0v) is 12.7. The molecule has 3 aromatic rings. The Morgan fingerprint density at radius 3 is 2.95 bits per heavy atom. The average molecular weight is 308 g/mol. The van der Waals surface area contributed by atoms with Crippen molar-refractivity contribution >= 4 is 40.1 Å². The molecule has 3 rings (SSSR count). The van der Waals surface area contributed by atoms with Crippen molar-refractivity contribution in [3.63, 3.8) is 0 Å². The zero-order chi connectivity index (χ0) is 14.3. The van der Waals surface area contributed by atoms with Gasteiger partial charge in [-0.2, -0.15) is 5.10 Å². The number of aromatic nitrogens is 4. The van der Waals surface area contributed by atoms with E-state index in [0.29, 0.717) is 5.75 Å². The van der Waals surface area contributed by atoms with Crippen LogP contribution in [0.2, 0.25) is 5.02 Å². The van der Waals surface area contributed by atoms with Gasteiger partial charge in [0.25, 0.3) is 0 Å². The number of thioether (sulfide) groups is 1. The van der Waals surface area contributed by atoms with E-state index in [0.717, 1.165) is 38.3 Å². The van der Waals surface area contributed by atoms with Gasteiger partial charge in [-0.3, -0.25) is 4.68 Å². The first-order valence-corrected chi connectivity index (χ1v) is 7.47. The number of benzene rings is 1. The molecule has 0 radical (unpaired) electrons. The summed E-state index contributed by atoms with van der Waals surface area (Å²) in [5.41, 5.74) is 10.2. The number of aromatic amines is 1. The van der Waals surface area contributed by atoms with Crippen LogP contribution in [0.5, 0.6) is 0 Å². The fraction of sp³-hybridized carbons (Fsp3) is 0.231. The Kier molecular flexibility index (Phi) is 3.35. The molecule has 0 aliphatic rings. The fourth-order valence-electron chi connectivity index (χ4n) is 2.05. The number of hydrogen-bond acceptors (Lipinski definition) is 4. The van der Waals surface area contributed by atoms with Crippen LogP contribution in [0.1, 0.15) is 11.4 Å². The Bertz CT molecular complexity index is 777. The molecule has 0 saturated carbocycles. The van der Waals surface area contributed by atoms with Crippen molar-refractivity contribution in [2.24, 2.45) is 7.05 Å². The van der Waals surface area contributed by atoms with E-state index in [1.807, 2.05) is 36.9 Å². The zero-order valence-electron chi connectivity index (χ0n) is 11.1. The number of hydrogen-bond donors (Lipinski definition) is 2. The highest BCUT2D eigenvalue weighted by atomic mass is 35.5. The van der Waals surface area contributed by atoms with Crippen molar-refractivity contribution in [2.45, 2.75) is 17.8 Å². The lowest BCUT2D eigenvalue weighted by atomic mass is 10.3. The lowest BCUT2D eigenvalue weighted by molar-refractivity contribution is 0.727. The largest absolute Gasteiger partial charge is 0.399 e. The van der Waals surface area contributed by atoms with Crippen LogP contribution in [0.25, 0.3) is 11.0 Å². The standard InChI is InChI=1S/C13H14ClN5S/c1-7-12(14)11(19(2)18-7)6-20-13-16-9-4-3-8(15)5-10(9)17-13/h3-5H,6,15H2,1-2H3,(H,16,17). The molecule has 0 amide bonds. The lowest BCUT2D eigenvalue weighted by Crippen LogP contribution is -1.96. The lowest BCUT2D eigenvalue weighted by Gasteiger charge is -2.00. The Balaban J connectivity index is 1.83. The molecule has 7 heteroatoms. The molecule has 20 heavy (non-hydrogen) atoms. The number of fused-ring (bicyclic) bond motifs is 1. The summed E-state index contributed by atoms with van der Waals surface area (Å²) in [6.45, 7) is 1.90. The van der Waals surface area contributed by atoms with Crippen LogP contribution >= 0.6 is 23.4 Å². The molecular formula is C13H14ClN5S. The number of halogens is 1. The summed E-state index contributed by atoms with van der Waals surface area (Å²) >= 11 is 7.83. The van der Waals surface area contributed by atoms with Crippen LogP contribution in [0.15, 0.2) is 23.4 Å². The molecule has 0 bridgehead atoms. The molecule has 0 spiro atoms. The summed E-state index contributed by atoms with van der Waals surface area (Å²) in [5, 5.41) is 5.87. The predicted octanol–water partition coefficient (Wildman–Crippen LogP) is 3.13. The summed E-state index contributed by atoms with van der Waals surface area (Å²) in [5.74, 6) is 0.714. The first-order valence-electron chi connectivity index (χ1n) is 6.10. The maximum Gasteiger partial charge on any atom is 0.166 e. The van der Waals surface area contributed by atoms with Crippen LogP contribution in [-0.2, 0) is 12.8 Å². The molecule has 3 N–H and O–H groups in total. The highest BCUT2D eigenvalue weighted by Gasteiger charge is 2.12. The smallest absolute Gasteiger partial charge is 0.166 e. The average Bonchev–Trinajstić information content (AvgIpc) is 2.89. The molecule has 2 heterocycles. The van der Waals surface area contributed by atoms with Crippen LogP contribution < -0.4 is 5.73 Å². The van der Waals surface area contributed by atoms with E-state index in [-0.39, 0.29) is 0 Å². The van der Waals surface area contributed by atoms with Gasteiger partial charge >= 0.3 is 0 Å². The number of nitrogens with two attached hydrogens (primary N) is 1. The molecule has 5 nitrogen and oxygen atoms in total. The maximum atomic E-state index is 6.24. The molecule has 0 fully saturated rings. The minimum absolute atomic E-state index is 0.714. The molecular weight excluding hydrogens is 294 g/mol. The number of rotatable bonds is 3. The molecule has 1 aromatic carbocycles. The number of imidazole rings is 1. The van der Waals surface area contributed by atoms with Crippen molar-refractivity contribution in [3.05, 3.63) is 34.6 Å². The second-order valence-electron chi connectivity index (χ2n) is 4.58. The first kappa shape index (κ1) is 13.3. The minimum Gasteiger partial charge on any atom is -0.399 e. The van der Waals surface area contributed by atoms with Crippen LogP contribution in [0.3, 0.4) is 0 Å². The van der Waals surface area contributed by atoms with Gasteiger partial charge in [-0.25, -0.2) is 4.98 Å². The summed E-state index contributed by atoms with van der Waals surface area (Å²) in [7, 11) is 1.90. The number of nitrogen functional groups attached to an aromatic ring is 1. The molecule has 0 atom stereocenters. The van der Waals surface area contributed by atoms with Crippen LogP contribution in [0.4, 0.5) is 5.69 Å². The maximum absolute atomic E-state index is 6.24. The van der Waals surface area contributed by atoms with Gasteiger partial charge in [0.1, 0.15) is 0 Å². The van der Waals surface area contributed by atoms with Crippen molar-refractivity contribution in [1.29, 1.82) is 0 Å². The van der Waals surface area contributed by atoms with Gasteiger partial charge in [-0.15, -0.1) is 0 Å². The van der Waals surface area contributed by atoms with Crippen molar-refractivity contribution in [3.8, 4) is 0 Å². The van der Waals surface area contributed by atoms with E-state index < -0.39 is 0 Å². The van der Waals surface area contributed by atoms with Crippen molar-refractivity contribution < 1.29 is 0 Å². The summed E-state index contributed by atoms with van der Waals surface area (Å²) in [6.07, 6.45) is 0. The monoisotopic (exact) mass is 307 g/mol. The third kappa shape index (κ3) is 2.36. The number of nitrogens with one attached hydrogen (secondary N) is 1. The van der Waals surface area contributed by atoms with E-state index in [9.17, 15) is 0 Å². The Morgan fingerprint density at radius 1 is 1.45 bits per heavy atom.